The summed E-state index contributed by atoms with van der Waals surface area (Å²) in [5.41, 5.74) is 4.75. The van der Waals surface area contributed by atoms with Crippen LogP contribution in [0.25, 0.3) is 0 Å². The highest BCUT2D eigenvalue weighted by Gasteiger charge is 2.33. The molecule has 0 radical (unpaired) electrons. The molecule has 0 heterocycles. The summed E-state index contributed by atoms with van der Waals surface area (Å²) in [6.07, 6.45) is -5.61. The summed E-state index contributed by atoms with van der Waals surface area (Å²) < 4.78 is 11.6. The van der Waals surface area contributed by atoms with E-state index in [9.17, 15) is 15.3 Å². The molecule has 0 amide bonds. The topological polar surface area (TPSA) is 146 Å². The molecule has 0 aromatic heterocycles. The van der Waals surface area contributed by atoms with Gasteiger partial charge in [0.05, 0.1) is 18.3 Å². The van der Waals surface area contributed by atoms with Gasteiger partial charge in [-0.05, 0) is 40.2 Å². The Bertz CT molecular complexity index is 368. The number of hydrogen-bond acceptors (Lipinski definition) is 8. The van der Waals surface area contributed by atoms with Gasteiger partial charge in [0, 0.05) is 18.0 Å². The summed E-state index contributed by atoms with van der Waals surface area (Å²) in [4.78, 5) is 0. The fraction of sp³-hybridized carbons (Fsp3) is 1.00. The molecule has 0 spiro atoms. The van der Waals surface area contributed by atoms with Crippen molar-refractivity contribution in [3.05, 3.63) is 0 Å². The third kappa shape index (κ3) is 9.86. The third-order valence-electron chi connectivity index (χ3n) is 4.27. The lowest BCUT2D eigenvalue weighted by Crippen LogP contribution is -2.48. The van der Waals surface area contributed by atoms with Gasteiger partial charge in [-0.25, -0.2) is 0 Å². The molecule has 0 aromatic rings. The second-order valence-electron chi connectivity index (χ2n) is 7.83. The summed E-state index contributed by atoms with van der Waals surface area (Å²) in [7, 11) is 1.98. The summed E-state index contributed by atoms with van der Waals surface area (Å²) in [5, 5.41) is 46.9. The van der Waals surface area contributed by atoms with Crippen LogP contribution in [0, 0.1) is 5.92 Å². The van der Waals surface area contributed by atoms with Crippen molar-refractivity contribution in [3.8, 4) is 0 Å². The van der Waals surface area contributed by atoms with Gasteiger partial charge in [0.1, 0.15) is 20.1 Å². The van der Waals surface area contributed by atoms with Crippen molar-refractivity contribution in [3.63, 3.8) is 0 Å². The van der Waals surface area contributed by atoms with Gasteiger partial charge in [0.25, 0.3) is 0 Å². The number of ether oxygens (including phenoxy) is 2. The SMILES string of the molecule is BC(C)(CCN)OCCC(C)(C)OCC(C)C(O)C(O)C(O)C(O)O. The van der Waals surface area contributed by atoms with E-state index in [-0.39, 0.29) is 12.1 Å². The molecule has 0 aromatic carbocycles. The molecule has 5 unspecified atom stereocenters. The molecule has 9 heteroatoms. The Morgan fingerprint density at radius 1 is 0.920 bits per heavy atom. The summed E-state index contributed by atoms with van der Waals surface area (Å²) in [6.45, 7) is 8.59. The highest BCUT2D eigenvalue weighted by molar-refractivity contribution is 6.14. The Morgan fingerprint density at radius 2 is 1.48 bits per heavy atom. The smallest absolute Gasteiger partial charge is 0.180 e. The fourth-order valence-electron chi connectivity index (χ4n) is 2.24. The normalized spacial score (nSPS) is 20.1. The summed E-state index contributed by atoms with van der Waals surface area (Å²) in [5.74, 6) is -0.516. The van der Waals surface area contributed by atoms with Crippen LogP contribution in [0.3, 0.4) is 0 Å². The van der Waals surface area contributed by atoms with Crippen LogP contribution < -0.4 is 5.73 Å². The molecule has 0 fully saturated rings. The average molecular weight is 365 g/mol. The number of rotatable bonds is 13. The Balaban J connectivity index is 4.34. The minimum absolute atomic E-state index is 0.131. The van der Waals surface area contributed by atoms with Crippen molar-refractivity contribution < 1.29 is 35.0 Å². The van der Waals surface area contributed by atoms with Crippen molar-refractivity contribution in [1.82, 2.24) is 0 Å². The van der Waals surface area contributed by atoms with Gasteiger partial charge in [0.2, 0.25) is 0 Å². The second kappa shape index (κ2) is 10.8. The molecule has 0 rings (SSSR count). The van der Waals surface area contributed by atoms with E-state index in [2.05, 4.69) is 0 Å². The second-order valence-corrected chi connectivity index (χ2v) is 7.83. The van der Waals surface area contributed by atoms with Gasteiger partial charge in [0.15, 0.2) is 6.29 Å². The van der Waals surface area contributed by atoms with Crippen LogP contribution in [0.5, 0.6) is 0 Å². The number of aliphatic hydroxyl groups excluding tert-OH is 4. The van der Waals surface area contributed by atoms with Gasteiger partial charge in [-0.1, -0.05) is 6.92 Å². The van der Waals surface area contributed by atoms with E-state index in [0.29, 0.717) is 19.6 Å². The molecule has 7 N–H and O–H groups in total. The highest BCUT2D eigenvalue weighted by Crippen LogP contribution is 2.20. The Hall–Kier alpha value is -0.255. The van der Waals surface area contributed by atoms with Crippen molar-refractivity contribution >= 4 is 7.85 Å². The minimum atomic E-state index is -2.12. The maximum Gasteiger partial charge on any atom is 0.180 e. The van der Waals surface area contributed by atoms with Crippen LogP contribution in [0.15, 0.2) is 0 Å². The number of hydrogen-bond donors (Lipinski definition) is 6. The van der Waals surface area contributed by atoms with E-state index in [4.69, 9.17) is 25.4 Å². The zero-order chi connectivity index (χ0) is 19.8. The zero-order valence-electron chi connectivity index (χ0n) is 16.1. The fourth-order valence-corrected chi connectivity index (χ4v) is 2.24. The molecule has 0 saturated heterocycles. The maximum atomic E-state index is 10.00. The van der Waals surface area contributed by atoms with Gasteiger partial charge >= 0.3 is 0 Å². The molecule has 150 valence electrons. The molecule has 0 aliphatic heterocycles. The molecule has 8 nitrogen and oxygen atoms in total. The molecular weight excluding hydrogens is 329 g/mol. The molecule has 0 saturated carbocycles. The first-order valence-corrected chi connectivity index (χ1v) is 8.71. The molecule has 0 bridgehead atoms. The van der Waals surface area contributed by atoms with Crippen molar-refractivity contribution in [1.29, 1.82) is 0 Å². The van der Waals surface area contributed by atoms with Gasteiger partial charge in [-0.15, -0.1) is 0 Å². The monoisotopic (exact) mass is 365 g/mol. The first-order chi connectivity index (χ1) is 11.3. The lowest BCUT2D eigenvalue weighted by atomic mass is 9.80. The number of aliphatic hydroxyl groups is 5. The minimum Gasteiger partial charge on any atom is -0.390 e. The third-order valence-corrected chi connectivity index (χ3v) is 4.27. The quantitative estimate of drug-likeness (QED) is 0.161. The van der Waals surface area contributed by atoms with Gasteiger partial charge in [-0.3, -0.25) is 0 Å². The van der Waals surface area contributed by atoms with E-state index in [1.807, 2.05) is 28.6 Å². The Kier molecular flexibility index (Phi) is 10.7. The Morgan fingerprint density at radius 3 is 1.96 bits per heavy atom. The number of nitrogens with two attached hydrogens (primary N) is 1. The predicted molar refractivity (Wildman–Crippen MR) is 96.6 cm³/mol. The van der Waals surface area contributed by atoms with E-state index in [1.54, 1.807) is 6.92 Å². The lowest BCUT2D eigenvalue weighted by Gasteiger charge is -2.32. The van der Waals surface area contributed by atoms with Crippen LogP contribution in [0.1, 0.15) is 40.5 Å². The van der Waals surface area contributed by atoms with Crippen LogP contribution in [-0.4, -0.2) is 88.8 Å². The predicted octanol–water partition coefficient (Wildman–Crippen LogP) is -2.08. The largest absolute Gasteiger partial charge is 0.390 e. The van der Waals surface area contributed by atoms with Crippen LogP contribution in [0.4, 0.5) is 0 Å². The van der Waals surface area contributed by atoms with Crippen molar-refractivity contribution in [2.24, 2.45) is 11.7 Å². The molecular formula is C16H36BNO7. The van der Waals surface area contributed by atoms with Crippen LogP contribution >= 0.6 is 0 Å². The van der Waals surface area contributed by atoms with Gasteiger partial charge < -0.3 is 40.7 Å². The van der Waals surface area contributed by atoms with E-state index >= 15 is 0 Å². The maximum absolute atomic E-state index is 10.00. The van der Waals surface area contributed by atoms with Crippen LogP contribution in [-0.2, 0) is 9.47 Å². The average Bonchev–Trinajstić information content (AvgIpc) is 2.49. The van der Waals surface area contributed by atoms with Gasteiger partial charge in [-0.2, -0.15) is 0 Å². The summed E-state index contributed by atoms with van der Waals surface area (Å²) >= 11 is 0. The van der Waals surface area contributed by atoms with E-state index in [0.717, 1.165) is 6.42 Å². The van der Waals surface area contributed by atoms with Crippen LogP contribution in [0.2, 0.25) is 0 Å². The molecule has 0 aliphatic rings. The molecule has 25 heavy (non-hydrogen) atoms. The summed E-state index contributed by atoms with van der Waals surface area (Å²) in [6, 6.07) is 0. The van der Waals surface area contributed by atoms with Crippen molar-refractivity contribution in [2.75, 3.05) is 19.8 Å². The first kappa shape index (κ1) is 24.7. The van der Waals surface area contributed by atoms with Crippen molar-refractivity contribution in [2.45, 2.75) is 76.2 Å². The lowest BCUT2D eigenvalue weighted by molar-refractivity contribution is -0.186. The standard InChI is InChI=1S/C16H36BNO7/c1-10(11(19)12(20)13(21)14(22)23)9-25-15(2,3)6-8-24-16(4,17)5-7-18/h10-14,19-23H,5-9,17-18H2,1-4H3. The Labute approximate surface area is 151 Å². The molecule has 0 aliphatic carbocycles. The zero-order valence-corrected chi connectivity index (χ0v) is 16.1. The van der Waals surface area contributed by atoms with E-state index in [1.165, 1.54) is 0 Å². The highest BCUT2D eigenvalue weighted by atomic mass is 16.5. The first-order valence-electron chi connectivity index (χ1n) is 8.71. The van der Waals surface area contributed by atoms with E-state index < -0.39 is 36.1 Å². The molecule has 5 atom stereocenters.